The van der Waals surface area contributed by atoms with Gasteiger partial charge >= 0.3 is 0 Å². The number of fused-ring (bicyclic) bond motifs is 1. The third-order valence-electron chi connectivity index (χ3n) is 5.76. The minimum Gasteiger partial charge on any atom is -0.494 e. The summed E-state index contributed by atoms with van der Waals surface area (Å²) in [4.78, 5) is 0. The summed E-state index contributed by atoms with van der Waals surface area (Å²) in [7, 11) is 0. The van der Waals surface area contributed by atoms with Gasteiger partial charge in [0.15, 0.2) is 5.88 Å². The van der Waals surface area contributed by atoms with Crippen LogP contribution in [0.2, 0.25) is 0 Å². The topological polar surface area (TPSA) is 55.9 Å². The van der Waals surface area contributed by atoms with E-state index >= 15 is 0 Å². The molecular weight excluding hydrogens is 355 g/mol. The zero-order valence-corrected chi connectivity index (χ0v) is 15.9. The second-order valence-corrected chi connectivity index (χ2v) is 8.08. The molecular formula is C22H21FN4O. The minimum atomic E-state index is -0.340. The van der Waals surface area contributed by atoms with Gasteiger partial charge in [0.2, 0.25) is 0 Å². The van der Waals surface area contributed by atoms with Crippen LogP contribution < -0.4 is 0 Å². The van der Waals surface area contributed by atoms with Gasteiger partial charge in [-0.15, -0.1) is 5.10 Å². The molecule has 1 saturated carbocycles. The molecule has 0 atom stereocenters. The van der Waals surface area contributed by atoms with Crippen molar-refractivity contribution in [2.75, 3.05) is 0 Å². The Morgan fingerprint density at radius 2 is 1.96 bits per heavy atom. The molecule has 0 bridgehead atoms. The normalized spacial score (nSPS) is 15.2. The van der Waals surface area contributed by atoms with Crippen molar-refractivity contribution in [1.29, 1.82) is 0 Å². The van der Waals surface area contributed by atoms with Gasteiger partial charge < -0.3 is 9.67 Å². The first-order valence-corrected chi connectivity index (χ1v) is 9.45. The van der Waals surface area contributed by atoms with Crippen LogP contribution in [-0.4, -0.2) is 24.7 Å². The van der Waals surface area contributed by atoms with E-state index in [-0.39, 0.29) is 5.82 Å². The maximum Gasteiger partial charge on any atom is 0.199 e. The van der Waals surface area contributed by atoms with Crippen LogP contribution in [0.3, 0.4) is 0 Å². The van der Waals surface area contributed by atoms with Crippen LogP contribution in [0.15, 0.2) is 48.7 Å². The molecule has 6 heteroatoms. The molecule has 0 unspecified atom stereocenters. The van der Waals surface area contributed by atoms with Crippen molar-refractivity contribution in [1.82, 2.24) is 19.6 Å². The molecule has 0 radical (unpaired) electrons. The van der Waals surface area contributed by atoms with Gasteiger partial charge in [0, 0.05) is 29.1 Å². The molecule has 142 valence electrons. The van der Waals surface area contributed by atoms with E-state index in [9.17, 15) is 9.50 Å². The first-order chi connectivity index (χ1) is 13.5. The number of halogens is 1. The summed E-state index contributed by atoms with van der Waals surface area (Å²) in [6.07, 6.45) is 4.39. The average Bonchev–Trinajstić information content (AvgIpc) is 3.16. The van der Waals surface area contributed by atoms with E-state index in [4.69, 9.17) is 0 Å². The summed E-state index contributed by atoms with van der Waals surface area (Å²) in [6, 6.07) is 12.4. The van der Waals surface area contributed by atoms with E-state index in [1.807, 2.05) is 35.9 Å². The van der Waals surface area contributed by atoms with Crippen molar-refractivity contribution in [2.45, 2.75) is 33.2 Å². The van der Waals surface area contributed by atoms with Gasteiger partial charge in [-0.2, -0.15) is 0 Å². The highest BCUT2D eigenvalue weighted by Gasteiger charge is 2.38. The summed E-state index contributed by atoms with van der Waals surface area (Å²) in [5.74, 6) is -0.0329. The summed E-state index contributed by atoms with van der Waals surface area (Å²) in [5.41, 5.74) is 3.03. The van der Waals surface area contributed by atoms with Crippen LogP contribution in [0.1, 0.15) is 25.5 Å². The molecule has 2 aromatic heterocycles. The number of rotatable bonds is 4. The lowest BCUT2D eigenvalue weighted by atomic mass is 10.1. The summed E-state index contributed by atoms with van der Waals surface area (Å²) < 4.78 is 17.6. The van der Waals surface area contributed by atoms with Crippen LogP contribution >= 0.6 is 0 Å². The van der Waals surface area contributed by atoms with Crippen LogP contribution in [0.5, 0.6) is 5.88 Å². The number of hydrogen-bond acceptors (Lipinski definition) is 3. The van der Waals surface area contributed by atoms with E-state index in [1.54, 1.807) is 18.2 Å². The number of aromatic hydroxyl groups is 1. The molecule has 0 aliphatic heterocycles. The molecule has 1 aliphatic rings. The Labute approximate surface area is 162 Å². The first-order valence-electron chi connectivity index (χ1n) is 9.45. The van der Waals surface area contributed by atoms with E-state index in [0.717, 1.165) is 28.6 Å². The van der Waals surface area contributed by atoms with Crippen molar-refractivity contribution in [3.05, 3.63) is 60.2 Å². The number of aromatic nitrogens is 4. The Balaban J connectivity index is 1.56. The third-order valence-corrected chi connectivity index (χ3v) is 5.76. The van der Waals surface area contributed by atoms with E-state index < -0.39 is 0 Å². The second-order valence-electron chi connectivity index (χ2n) is 8.08. The lowest BCUT2D eigenvalue weighted by molar-refractivity contribution is 0.380. The number of benzene rings is 2. The maximum atomic E-state index is 14.1. The van der Waals surface area contributed by atoms with Gasteiger partial charge in [-0.25, -0.2) is 9.07 Å². The zero-order chi connectivity index (χ0) is 19.5. The molecule has 0 saturated heterocycles. The number of para-hydroxylation sites is 1. The Kier molecular flexibility index (Phi) is 3.59. The van der Waals surface area contributed by atoms with Gasteiger partial charge in [0.1, 0.15) is 17.2 Å². The molecule has 2 aromatic carbocycles. The van der Waals surface area contributed by atoms with Crippen molar-refractivity contribution in [3.63, 3.8) is 0 Å². The van der Waals surface area contributed by atoms with Crippen LogP contribution in [0, 0.1) is 18.2 Å². The van der Waals surface area contributed by atoms with Gasteiger partial charge in [-0.1, -0.05) is 30.3 Å². The van der Waals surface area contributed by atoms with Crippen molar-refractivity contribution in [3.8, 4) is 22.8 Å². The van der Waals surface area contributed by atoms with Gasteiger partial charge in [-0.05, 0) is 49.4 Å². The monoisotopic (exact) mass is 376 g/mol. The predicted octanol–water partition coefficient (Wildman–Crippen LogP) is 4.84. The fourth-order valence-corrected chi connectivity index (χ4v) is 3.76. The standard InChI is InChI=1S/C22H21FN4O/c1-14-20(24-25-27(14)19-6-4-3-5-18(19)23)15-7-8-17-16(11-15)12-26(21(17)28)13-22(2)9-10-22/h3-8,11-12,28H,9-10,13H2,1-2H3. The van der Waals surface area contributed by atoms with Crippen LogP contribution in [-0.2, 0) is 6.54 Å². The molecule has 5 nitrogen and oxygen atoms in total. The Hall–Kier alpha value is -3.15. The molecule has 4 aromatic rings. The lowest BCUT2D eigenvalue weighted by Gasteiger charge is -2.10. The highest BCUT2D eigenvalue weighted by atomic mass is 19.1. The van der Waals surface area contributed by atoms with E-state index in [0.29, 0.717) is 22.7 Å². The van der Waals surface area contributed by atoms with E-state index in [1.165, 1.54) is 23.6 Å². The molecule has 1 N–H and O–H groups in total. The van der Waals surface area contributed by atoms with Crippen LogP contribution in [0.4, 0.5) is 4.39 Å². The zero-order valence-electron chi connectivity index (χ0n) is 15.9. The summed E-state index contributed by atoms with van der Waals surface area (Å²) >= 11 is 0. The van der Waals surface area contributed by atoms with Crippen molar-refractivity contribution < 1.29 is 9.50 Å². The Bertz CT molecular complexity index is 1200. The molecule has 5 rings (SSSR count). The Morgan fingerprint density at radius 1 is 1.18 bits per heavy atom. The molecule has 1 aliphatic carbocycles. The minimum absolute atomic E-state index is 0.300. The van der Waals surface area contributed by atoms with E-state index in [2.05, 4.69) is 17.2 Å². The van der Waals surface area contributed by atoms with Gasteiger partial charge in [0.25, 0.3) is 0 Å². The highest BCUT2D eigenvalue weighted by Crippen LogP contribution is 2.47. The van der Waals surface area contributed by atoms with Crippen LogP contribution in [0.25, 0.3) is 27.7 Å². The number of hydrogen-bond donors (Lipinski definition) is 1. The molecule has 0 spiro atoms. The lowest BCUT2D eigenvalue weighted by Crippen LogP contribution is -2.05. The molecule has 28 heavy (non-hydrogen) atoms. The second kappa shape index (κ2) is 5.92. The van der Waals surface area contributed by atoms with Crippen molar-refractivity contribution in [2.24, 2.45) is 5.41 Å². The fraction of sp³-hybridized carbons (Fsp3) is 0.273. The first kappa shape index (κ1) is 17.0. The number of nitrogens with zero attached hydrogens (tertiary/aromatic N) is 4. The highest BCUT2D eigenvalue weighted by molar-refractivity contribution is 5.91. The summed E-state index contributed by atoms with van der Waals surface area (Å²) in [5, 5.41) is 20.8. The average molecular weight is 376 g/mol. The van der Waals surface area contributed by atoms with Gasteiger partial charge in [-0.3, -0.25) is 0 Å². The maximum absolute atomic E-state index is 14.1. The third kappa shape index (κ3) is 2.68. The largest absolute Gasteiger partial charge is 0.494 e. The SMILES string of the molecule is Cc1c(-c2ccc3c(O)n(CC4(C)CC4)cc3c2)nnn1-c1ccccc1F. The Morgan fingerprint density at radius 3 is 2.71 bits per heavy atom. The van der Waals surface area contributed by atoms with Crippen molar-refractivity contribution >= 4 is 10.8 Å². The predicted molar refractivity (Wildman–Crippen MR) is 106 cm³/mol. The molecule has 1 fully saturated rings. The quantitative estimate of drug-likeness (QED) is 0.554. The summed E-state index contributed by atoms with van der Waals surface area (Å²) in [6.45, 7) is 4.95. The smallest absolute Gasteiger partial charge is 0.199 e. The van der Waals surface area contributed by atoms with Gasteiger partial charge in [0.05, 0.1) is 5.69 Å². The molecule has 0 amide bonds. The fourth-order valence-electron chi connectivity index (χ4n) is 3.76. The molecule has 2 heterocycles.